The molecule has 0 aliphatic rings. The largest absolute Gasteiger partial charge is 0.378 e. The Labute approximate surface area is 95.8 Å². The monoisotopic (exact) mass is 215 g/mol. The molecular weight excluding hydrogens is 186 g/mol. The third-order valence-corrected chi connectivity index (χ3v) is 2.56. The number of ether oxygens (including phenoxy) is 1. The molecule has 2 nitrogen and oxygen atoms in total. The van der Waals surface area contributed by atoms with Gasteiger partial charge in [0.25, 0.3) is 0 Å². The van der Waals surface area contributed by atoms with E-state index in [0.717, 1.165) is 13.2 Å². The van der Waals surface area contributed by atoms with Gasteiger partial charge in [-0.05, 0) is 39.5 Å². The molecule has 92 valence electrons. The molecule has 0 saturated carbocycles. The van der Waals surface area contributed by atoms with Crippen molar-refractivity contribution >= 4 is 0 Å². The van der Waals surface area contributed by atoms with Gasteiger partial charge in [-0.2, -0.15) is 0 Å². The Morgan fingerprint density at radius 1 is 1.07 bits per heavy atom. The summed E-state index contributed by atoms with van der Waals surface area (Å²) >= 11 is 0. The molecule has 0 radical (unpaired) electrons. The molecule has 0 saturated heterocycles. The fourth-order valence-corrected chi connectivity index (χ4v) is 1.05. The number of nitrogens with one attached hydrogen (secondary N) is 1. The van der Waals surface area contributed by atoms with Crippen molar-refractivity contribution in [2.45, 2.75) is 60.1 Å². The predicted octanol–water partition coefficient (Wildman–Crippen LogP) is 3.07. The van der Waals surface area contributed by atoms with Crippen molar-refractivity contribution in [1.82, 2.24) is 5.32 Å². The van der Waals surface area contributed by atoms with Crippen LogP contribution in [0.2, 0.25) is 0 Å². The summed E-state index contributed by atoms with van der Waals surface area (Å²) in [6, 6.07) is 0. The second-order valence-corrected chi connectivity index (χ2v) is 6.02. The van der Waals surface area contributed by atoms with Crippen molar-refractivity contribution in [2.75, 3.05) is 13.2 Å². The lowest BCUT2D eigenvalue weighted by atomic mass is 10.1. The van der Waals surface area contributed by atoms with Gasteiger partial charge in [-0.15, -0.1) is 0 Å². The first kappa shape index (κ1) is 14.9. The molecule has 0 aromatic rings. The molecule has 0 spiro atoms. The van der Waals surface area contributed by atoms with Crippen LogP contribution in [0.5, 0.6) is 0 Å². The van der Waals surface area contributed by atoms with Gasteiger partial charge in [-0.3, -0.25) is 0 Å². The molecule has 0 amide bonds. The topological polar surface area (TPSA) is 21.3 Å². The maximum Gasteiger partial charge on any atom is 0.0570 e. The minimum absolute atomic E-state index is 0.206. The van der Waals surface area contributed by atoms with Crippen molar-refractivity contribution in [1.29, 1.82) is 0 Å². The summed E-state index contributed by atoms with van der Waals surface area (Å²) < 4.78 is 5.79. The van der Waals surface area contributed by atoms with Crippen LogP contribution in [0, 0.1) is 11.8 Å². The van der Waals surface area contributed by atoms with E-state index in [4.69, 9.17) is 4.74 Å². The Morgan fingerprint density at radius 2 is 1.60 bits per heavy atom. The van der Waals surface area contributed by atoms with Crippen molar-refractivity contribution in [2.24, 2.45) is 11.8 Å². The van der Waals surface area contributed by atoms with E-state index in [2.05, 4.69) is 53.8 Å². The van der Waals surface area contributed by atoms with Gasteiger partial charge < -0.3 is 10.1 Å². The minimum Gasteiger partial charge on any atom is -0.378 e. The normalized spacial score (nSPS) is 16.8. The van der Waals surface area contributed by atoms with Gasteiger partial charge in [0.2, 0.25) is 0 Å². The molecule has 0 aromatic carbocycles. The highest BCUT2D eigenvalue weighted by Gasteiger charge is 2.13. The van der Waals surface area contributed by atoms with Gasteiger partial charge >= 0.3 is 0 Å². The Morgan fingerprint density at radius 3 is 2.00 bits per heavy atom. The lowest BCUT2D eigenvalue weighted by Gasteiger charge is -2.25. The van der Waals surface area contributed by atoms with E-state index in [1.54, 1.807) is 0 Å². The Bertz CT molecular complexity index is 160. The van der Waals surface area contributed by atoms with Crippen molar-refractivity contribution in [3.05, 3.63) is 0 Å². The summed E-state index contributed by atoms with van der Waals surface area (Å²) in [6.45, 7) is 17.2. The first-order valence-corrected chi connectivity index (χ1v) is 6.09. The van der Waals surface area contributed by atoms with Crippen LogP contribution in [0.3, 0.4) is 0 Å². The zero-order valence-electron chi connectivity index (χ0n) is 11.6. The van der Waals surface area contributed by atoms with E-state index in [9.17, 15) is 0 Å². The summed E-state index contributed by atoms with van der Waals surface area (Å²) in [7, 11) is 0. The van der Waals surface area contributed by atoms with Crippen LogP contribution < -0.4 is 5.32 Å². The summed E-state index contributed by atoms with van der Waals surface area (Å²) in [5.74, 6) is 1.18. The molecule has 0 aromatic heterocycles. The highest BCUT2D eigenvalue weighted by atomic mass is 16.5. The maximum atomic E-state index is 5.79. The predicted molar refractivity (Wildman–Crippen MR) is 67.2 cm³/mol. The molecule has 0 bridgehead atoms. The molecule has 0 fully saturated rings. The second kappa shape index (κ2) is 6.49. The highest BCUT2D eigenvalue weighted by molar-refractivity contribution is 4.71. The average Bonchev–Trinajstić information content (AvgIpc) is 2.09. The number of hydrogen-bond acceptors (Lipinski definition) is 2. The summed E-state index contributed by atoms with van der Waals surface area (Å²) in [5, 5.41) is 3.49. The van der Waals surface area contributed by atoms with Crippen LogP contribution in [0.1, 0.15) is 48.5 Å². The van der Waals surface area contributed by atoms with Crippen LogP contribution in [0.4, 0.5) is 0 Å². The molecule has 15 heavy (non-hydrogen) atoms. The zero-order chi connectivity index (χ0) is 12.1. The van der Waals surface area contributed by atoms with E-state index in [1.807, 2.05) is 0 Å². The molecule has 0 rings (SSSR count). The fourth-order valence-electron chi connectivity index (χ4n) is 1.05. The maximum absolute atomic E-state index is 5.79. The third-order valence-electron chi connectivity index (χ3n) is 2.56. The Kier molecular flexibility index (Phi) is 6.46. The molecule has 1 N–H and O–H groups in total. The smallest absolute Gasteiger partial charge is 0.0570 e. The molecule has 0 aliphatic heterocycles. The lowest BCUT2D eigenvalue weighted by molar-refractivity contribution is 0.0161. The van der Waals surface area contributed by atoms with Gasteiger partial charge in [-0.25, -0.2) is 0 Å². The molecule has 2 atom stereocenters. The lowest BCUT2D eigenvalue weighted by Crippen LogP contribution is -2.39. The average molecular weight is 215 g/mol. The Balaban J connectivity index is 3.62. The number of rotatable bonds is 6. The number of hydrogen-bond donors (Lipinski definition) is 1. The van der Waals surface area contributed by atoms with Gasteiger partial charge in [0.1, 0.15) is 0 Å². The third kappa shape index (κ3) is 8.88. The molecular formula is C13H29NO. The van der Waals surface area contributed by atoms with Gasteiger partial charge in [0.15, 0.2) is 0 Å². The molecule has 0 aliphatic carbocycles. The van der Waals surface area contributed by atoms with E-state index < -0.39 is 0 Å². The van der Waals surface area contributed by atoms with Crippen LogP contribution >= 0.6 is 0 Å². The SMILES string of the molecule is CC(CNC(C)(C)C)COC(C)C(C)C. The first-order valence-electron chi connectivity index (χ1n) is 6.09. The highest BCUT2D eigenvalue weighted by Crippen LogP contribution is 2.08. The van der Waals surface area contributed by atoms with Crippen molar-refractivity contribution < 1.29 is 4.74 Å². The van der Waals surface area contributed by atoms with Crippen molar-refractivity contribution in [3.8, 4) is 0 Å². The fraction of sp³-hybridized carbons (Fsp3) is 1.00. The van der Waals surface area contributed by atoms with Crippen LogP contribution in [0.25, 0.3) is 0 Å². The van der Waals surface area contributed by atoms with Crippen LogP contribution in [-0.2, 0) is 4.74 Å². The van der Waals surface area contributed by atoms with E-state index >= 15 is 0 Å². The Hall–Kier alpha value is -0.0800. The minimum atomic E-state index is 0.206. The molecule has 2 unspecified atom stereocenters. The first-order chi connectivity index (χ1) is 6.72. The van der Waals surface area contributed by atoms with E-state index in [1.165, 1.54) is 0 Å². The zero-order valence-corrected chi connectivity index (χ0v) is 11.6. The standard InChI is InChI=1S/C13H29NO/c1-10(2)12(4)15-9-11(3)8-14-13(5,6)7/h10-12,14H,8-9H2,1-7H3. The van der Waals surface area contributed by atoms with E-state index in [-0.39, 0.29) is 5.54 Å². The van der Waals surface area contributed by atoms with Gasteiger partial charge in [0.05, 0.1) is 12.7 Å². The quantitative estimate of drug-likeness (QED) is 0.735. The molecule has 2 heteroatoms. The summed E-state index contributed by atoms with van der Waals surface area (Å²) in [4.78, 5) is 0. The van der Waals surface area contributed by atoms with Gasteiger partial charge in [-0.1, -0.05) is 20.8 Å². The van der Waals surface area contributed by atoms with Crippen LogP contribution in [0.15, 0.2) is 0 Å². The van der Waals surface area contributed by atoms with Crippen LogP contribution in [-0.4, -0.2) is 24.8 Å². The molecule has 0 heterocycles. The summed E-state index contributed by atoms with van der Waals surface area (Å²) in [6.07, 6.45) is 0.363. The summed E-state index contributed by atoms with van der Waals surface area (Å²) in [5.41, 5.74) is 0.206. The van der Waals surface area contributed by atoms with Gasteiger partial charge in [0, 0.05) is 12.1 Å². The van der Waals surface area contributed by atoms with Crippen molar-refractivity contribution in [3.63, 3.8) is 0 Å². The van der Waals surface area contributed by atoms with E-state index in [0.29, 0.717) is 17.9 Å². The second-order valence-electron chi connectivity index (χ2n) is 6.02.